The van der Waals surface area contributed by atoms with Crippen LogP contribution in [0.4, 0.5) is 0 Å². The summed E-state index contributed by atoms with van der Waals surface area (Å²) in [6.45, 7) is 8.01. The quantitative estimate of drug-likeness (QED) is 0.615. The molecule has 24 heavy (non-hydrogen) atoms. The molecule has 132 valence electrons. The molecule has 1 unspecified atom stereocenters. The Hall–Kier alpha value is -1.75. The summed E-state index contributed by atoms with van der Waals surface area (Å²) in [5.41, 5.74) is 2.71. The van der Waals surface area contributed by atoms with Crippen LogP contribution >= 0.6 is 0 Å². The SMILES string of the molecule is CCNC(=NCC1CCN(C)C1)NCCc1ccc2c(c1)CCO2. The Labute approximate surface area is 145 Å². The van der Waals surface area contributed by atoms with E-state index in [0.717, 1.165) is 50.8 Å². The summed E-state index contributed by atoms with van der Waals surface area (Å²) in [4.78, 5) is 7.15. The lowest BCUT2D eigenvalue weighted by atomic mass is 10.1. The second kappa shape index (κ2) is 8.38. The van der Waals surface area contributed by atoms with Gasteiger partial charge in [-0.1, -0.05) is 12.1 Å². The van der Waals surface area contributed by atoms with Crippen molar-refractivity contribution >= 4 is 5.96 Å². The first-order chi connectivity index (χ1) is 11.7. The van der Waals surface area contributed by atoms with E-state index in [0.29, 0.717) is 5.92 Å². The number of nitrogens with one attached hydrogen (secondary N) is 2. The Kier molecular flexibility index (Phi) is 5.96. The van der Waals surface area contributed by atoms with Crippen molar-refractivity contribution in [3.63, 3.8) is 0 Å². The van der Waals surface area contributed by atoms with Crippen LogP contribution in [0, 0.1) is 5.92 Å². The Balaban J connectivity index is 1.47. The van der Waals surface area contributed by atoms with Gasteiger partial charge in [0.25, 0.3) is 0 Å². The molecule has 2 N–H and O–H groups in total. The Morgan fingerprint density at radius 2 is 2.29 bits per heavy atom. The van der Waals surface area contributed by atoms with Crippen LogP contribution in [0.3, 0.4) is 0 Å². The van der Waals surface area contributed by atoms with Crippen LogP contribution in [0.25, 0.3) is 0 Å². The van der Waals surface area contributed by atoms with Gasteiger partial charge in [-0.15, -0.1) is 0 Å². The molecule has 5 heteroatoms. The van der Waals surface area contributed by atoms with Crippen LogP contribution in [0.15, 0.2) is 23.2 Å². The molecule has 3 rings (SSSR count). The average molecular weight is 330 g/mol. The summed E-state index contributed by atoms with van der Waals surface area (Å²) in [7, 11) is 2.19. The second-order valence-corrected chi connectivity index (χ2v) is 6.85. The van der Waals surface area contributed by atoms with Gasteiger partial charge in [0.1, 0.15) is 5.75 Å². The lowest BCUT2D eigenvalue weighted by molar-refractivity contribution is 0.357. The van der Waals surface area contributed by atoms with E-state index in [1.807, 2.05) is 0 Å². The highest BCUT2D eigenvalue weighted by Gasteiger charge is 2.18. The fourth-order valence-electron chi connectivity index (χ4n) is 3.46. The van der Waals surface area contributed by atoms with Crippen LogP contribution < -0.4 is 15.4 Å². The number of benzene rings is 1. The number of guanidine groups is 1. The number of fused-ring (bicyclic) bond motifs is 1. The van der Waals surface area contributed by atoms with E-state index in [1.54, 1.807) is 0 Å². The fourth-order valence-corrected chi connectivity index (χ4v) is 3.46. The molecule has 0 saturated carbocycles. The highest BCUT2D eigenvalue weighted by atomic mass is 16.5. The van der Waals surface area contributed by atoms with Crippen LogP contribution in [0.1, 0.15) is 24.5 Å². The van der Waals surface area contributed by atoms with Crippen LogP contribution in [-0.2, 0) is 12.8 Å². The highest BCUT2D eigenvalue weighted by molar-refractivity contribution is 5.79. The lowest BCUT2D eigenvalue weighted by Gasteiger charge is -2.13. The molecule has 2 aliphatic heterocycles. The number of hydrogen-bond donors (Lipinski definition) is 2. The first-order valence-corrected chi connectivity index (χ1v) is 9.20. The largest absolute Gasteiger partial charge is 0.493 e. The van der Waals surface area contributed by atoms with E-state index >= 15 is 0 Å². The van der Waals surface area contributed by atoms with E-state index in [9.17, 15) is 0 Å². The number of rotatable bonds is 6. The average Bonchev–Trinajstić information content (AvgIpc) is 3.20. The third-order valence-electron chi connectivity index (χ3n) is 4.80. The number of aliphatic imine (C=N–C) groups is 1. The van der Waals surface area contributed by atoms with Gasteiger partial charge < -0.3 is 20.3 Å². The van der Waals surface area contributed by atoms with Gasteiger partial charge in [0.05, 0.1) is 6.61 Å². The molecular formula is C19H30N4O. The molecule has 1 saturated heterocycles. The summed E-state index contributed by atoms with van der Waals surface area (Å²) in [5, 5.41) is 6.82. The minimum atomic E-state index is 0.696. The number of likely N-dealkylation sites (tertiary alicyclic amines) is 1. The van der Waals surface area contributed by atoms with E-state index in [4.69, 9.17) is 9.73 Å². The molecule has 0 aliphatic carbocycles. The van der Waals surface area contributed by atoms with Crippen molar-refractivity contribution in [3.05, 3.63) is 29.3 Å². The van der Waals surface area contributed by atoms with Crippen molar-refractivity contribution in [2.75, 3.05) is 46.4 Å². The van der Waals surface area contributed by atoms with Crippen molar-refractivity contribution in [3.8, 4) is 5.75 Å². The third kappa shape index (κ3) is 4.63. The van der Waals surface area contributed by atoms with Crippen molar-refractivity contribution in [1.29, 1.82) is 0 Å². The Morgan fingerprint density at radius 1 is 1.38 bits per heavy atom. The van der Waals surface area contributed by atoms with Gasteiger partial charge in [-0.25, -0.2) is 0 Å². The molecule has 0 aromatic heterocycles. The van der Waals surface area contributed by atoms with Crippen LogP contribution in [-0.4, -0.2) is 57.2 Å². The smallest absolute Gasteiger partial charge is 0.191 e. The monoisotopic (exact) mass is 330 g/mol. The standard InChI is InChI=1S/C19H30N4O/c1-3-20-19(22-13-16-7-10-23(2)14-16)21-9-6-15-4-5-18-17(12-15)8-11-24-18/h4-5,12,16H,3,6-11,13-14H2,1-2H3,(H2,20,21,22). The highest BCUT2D eigenvalue weighted by Crippen LogP contribution is 2.25. The normalized spacial score (nSPS) is 20.8. The van der Waals surface area contributed by atoms with E-state index in [2.05, 4.69) is 47.7 Å². The molecule has 0 bridgehead atoms. The third-order valence-corrected chi connectivity index (χ3v) is 4.80. The zero-order valence-corrected chi connectivity index (χ0v) is 15.0. The Morgan fingerprint density at radius 3 is 3.08 bits per heavy atom. The van der Waals surface area contributed by atoms with Crippen molar-refractivity contribution in [2.24, 2.45) is 10.9 Å². The number of ether oxygens (including phenoxy) is 1. The fraction of sp³-hybridized carbons (Fsp3) is 0.632. The van der Waals surface area contributed by atoms with Gasteiger partial charge in [-0.3, -0.25) is 4.99 Å². The molecular weight excluding hydrogens is 300 g/mol. The van der Waals surface area contributed by atoms with E-state index in [-0.39, 0.29) is 0 Å². The van der Waals surface area contributed by atoms with Crippen LogP contribution in [0.5, 0.6) is 5.75 Å². The van der Waals surface area contributed by atoms with E-state index < -0.39 is 0 Å². The van der Waals surface area contributed by atoms with Crippen LogP contribution in [0.2, 0.25) is 0 Å². The number of hydrogen-bond acceptors (Lipinski definition) is 3. The summed E-state index contributed by atoms with van der Waals surface area (Å²) in [6, 6.07) is 6.56. The Bertz CT molecular complexity index is 572. The molecule has 2 aliphatic rings. The number of nitrogens with zero attached hydrogens (tertiary/aromatic N) is 2. The molecule has 1 atom stereocenters. The minimum absolute atomic E-state index is 0.696. The molecule has 1 aromatic rings. The van der Waals surface area contributed by atoms with Crippen molar-refractivity contribution in [1.82, 2.24) is 15.5 Å². The summed E-state index contributed by atoms with van der Waals surface area (Å²) < 4.78 is 5.57. The summed E-state index contributed by atoms with van der Waals surface area (Å²) in [6.07, 6.45) is 3.30. The molecule has 0 spiro atoms. The molecule has 1 aromatic carbocycles. The van der Waals surface area contributed by atoms with Gasteiger partial charge >= 0.3 is 0 Å². The topological polar surface area (TPSA) is 48.9 Å². The summed E-state index contributed by atoms with van der Waals surface area (Å²) >= 11 is 0. The van der Waals surface area contributed by atoms with Gasteiger partial charge in [0, 0.05) is 32.6 Å². The zero-order valence-electron chi connectivity index (χ0n) is 15.0. The first-order valence-electron chi connectivity index (χ1n) is 9.20. The van der Waals surface area contributed by atoms with Crippen molar-refractivity contribution in [2.45, 2.75) is 26.2 Å². The van der Waals surface area contributed by atoms with Gasteiger partial charge in [-0.2, -0.15) is 0 Å². The lowest BCUT2D eigenvalue weighted by Crippen LogP contribution is -2.38. The molecule has 5 nitrogen and oxygen atoms in total. The molecule has 0 amide bonds. The first kappa shape index (κ1) is 17.1. The predicted molar refractivity (Wildman–Crippen MR) is 98.9 cm³/mol. The van der Waals surface area contributed by atoms with Crippen molar-refractivity contribution < 1.29 is 4.74 Å². The molecule has 2 heterocycles. The second-order valence-electron chi connectivity index (χ2n) is 6.85. The predicted octanol–water partition coefficient (Wildman–Crippen LogP) is 1.67. The van der Waals surface area contributed by atoms with Gasteiger partial charge in [0.2, 0.25) is 0 Å². The molecule has 1 fully saturated rings. The van der Waals surface area contributed by atoms with E-state index in [1.165, 1.54) is 30.6 Å². The zero-order chi connectivity index (χ0) is 16.8. The van der Waals surface area contributed by atoms with Gasteiger partial charge in [0.15, 0.2) is 5.96 Å². The maximum Gasteiger partial charge on any atom is 0.191 e. The summed E-state index contributed by atoms with van der Waals surface area (Å²) in [5.74, 6) is 2.70. The maximum atomic E-state index is 5.57. The maximum absolute atomic E-state index is 5.57. The molecule has 0 radical (unpaired) electrons. The minimum Gasteiger partial charge on any atom is -0.493 e. The van der Waals surface area contributed by atoms with Gasteiger partial charge in [-0.05, 0) is 56.5 Å².